The molecule has 2 aliphatic heterocycles. The Morgan fingerprint density at radius 1 is 1.23 bits per heavy atom. The summed E-state index contributed by atoms with van der Waals surface area (Å²) in [5.41, 5.74) is 0. The van der Waals surface area contributed by atoms with Gasteiger partial charge in [0.05, 0.1) is 4.90 Å². The van der Waals surface area contributed by atoms with E-state index in [1.165, 1.54) is 0 Å². The number of nitrogens with zero attached hydrogens (tertiary/aromatic N) is 2. The fourth-order valence-electron chi connectivity index (χ4n) is 3.66. The van der Waals surface area contributed by atoms with Gasteiger partial charge < -0.3 is 5.32 Å². The molecular formula is C16H19N3O2S. The number of aromatic nitrogens is 1. The summed E-state index contributed by atoms with van der Waals surface area (Å²) >= 11 is 0. The molecule has 0 aliphatic carbocycles. The third-order valence-electron chi connectivity index (χ3n) is 4.82. The summed E-state index contributed by atoms with van der Waals surface area (Å²) in [5, 5.41) is 5.07. The van der Waals surface area contributed by atoms with Crippen LogP contribution in [-0.4, -0.2) is 43.4 Å². The van der Waals surface area contributed by atoms with Gasteiger partial charge in [0.15, 0.2) is 0 Å². The van der Waals surface area contributed by atoms with Gasteiger partial charge in [0.2, 0.25) is 10.0 Å². The second-order valence-corrected chi connectivity index (χ2v) is 8.04. The second kappa shape index (κ2) is 5.30. The van der Waals surface area contributed by atoms with Crippen LogP contribution in [0.15, 0.2) is 41.6 Å². The van der Waals surface area contributed by atoms with Gasteiger partial charge in [0.1, 0.15) is 0 Å². The molecule has 116 valence electrons. The monoisotopic (exact) mass is 317 g/mol. The van der Waals surface area contributed by atoms with Crippen molar-refractivity contribution in [1.82, 2.24) is 14.6 Å². The number of hydrogen-bond acceptors (Lipinski definition) is 4. The highest BCUT2D eigenvalue weighted by molar-refractivity contribution is 7.89. The lowest BCUT2D eigenvalue weighted by Crippen LogP contribution is -2.41. The van der Waals surface area contributed by atoms with E-state index >= 15 is 0 Å². The molecule has 0 radical (unpaired) electrons. The van der Waals surface area contributed by atoms with E-state index in [1.54, 1.807) is 34.9 Å². The molecule has 1 N–H and O–H groups in total. The van der Waals surface area contributed by atoms with Crippen LogP contribution >= 0.6 is 0 Å². The number of rotatable bonds is 2. The molecule has 22 heavy (non-hydrogen) atoms. The number of fused-ring (bicyclic) bond motifs is 2. The molecule has 2 atom stereocenters. The Balaban J connectivity index is 1.74. The van der Waals surface area contributed by atoms with Crippen molar-refractivity contribution in [2.24, 2.45) is 5.92 Å². The van der Waals surface area contributed by atoms with Gasteiger partial charge in [-0.25, -0.2) is 8.42 Å². The minimum atomic E-state index is -3.46. The van der Waals surface area contributed by atoms with Crippen LogP contribution in [0.25, 0.3) is 10.8 Å². The van der Waals surface area contributed by atoms with Crippen LogP contribution < -0.4 is 5.32 Å². The number of sulfonamides is 1. The molecule has 4 rings (SSSR count). The van der Waals surface area contributed by atoms with E-state index in [-0.39, 0.29) is 0 Å². The zero-order valence-corrected chi connectivity index (χ0v) is 13.1. The summed E-state index contributed by atoms with van der Waals surface area (Å²) < 4.78 is 27.8. The second-order valence-electron chi connectivity index (χ2n) is 6.14. The van der Waals surface area contributed by atoms with Crippen molar-refractivity contribution in [3.8, 4) is 0 Å². The van der Waals surface area contributed by atoms with Gasteiger partial charge in [0, 0.05) is 42.3 Å². The van der Waals surface area contributed by atoms with Gasteiger partial charge >= 0.3 is 0 Å². The molecule has 1 aromatic carbocycles. The summed E-state index contributed by atoms with van der Waals surface area (Å²) in [5.74, 6) is 0.445. The number of pyridine rings is 1. The molecule has 2 saturated heterocycles. The SMILES string of the molecule is O=S(=O)(c1cccc2cnccc12)N1CC2CCCNC2C1. The highest BCUT2D eigenvalue weighted by atomic mass is 32.2. The number of nitrogens with one attached hydrogen (secondary N) is 1. The van der Waals surface area contributed by atoms with Crippen molar-refractivity contribution in [2.75, 3.05) is 19.6 Å². The van der Waals surface area contributed by atoms with Crippen molar-refractivity contribution in [2.45, 2.75) is 23.8 Å². The highest BCUT2D eigenvalue weighted by Gasteiger charge is 2.40. The van der Waals surface area contributed by atoms with E-state index in [4.69, 9.17) is 0 Å². The molecule has 0 amide bonds. The molecule has 2 aromatic rings. The van der Waals surface area contributed by atoms with Crippen LogP contribution in [0, 0.1) is 5.92 Å². The summed E-state index contributed by atoms with van der Waals surface area (Å²) in [6.07, 6.45) is 5.60. The Morgan fingerprint density at radius 2 is 2.14 bits per heavy atom. The van der Waals surface area contributed by atoms with Crippen LogP contribution in [0.5, 0.6) is 0 Å². The quantitative estimate of drug-likeness (QED) is 0.914. The smallest absolute Gasteiger partial charge is 0.243 e. The first-order valence-corrected chi connectivity index (χ1v) is 9.16. The molecule has 5 nitrogen and oxygen atoms in total. The van der Waals surface area contributed by atoms with Crippen LogP contribution in [-0.2, 0) is 10.0 Å². The molecule has 0 bridgehead atoms. The topological polar surface area (TPSA) is 62.3 Å². The Morgan fingerprint density at radius 3 is 3.00 bits per heavy atom. The molecule has 2 unspecified atom stereocenters. The van der Waals surface area contributed by atoms with E-state index < -0.39 is 10.0 Å². The lowest BCUT2D eigenvalue weighted by Gasteiger charge is -2.24. The Kier molecular flexibility index (Phi) is 3.40. The van der Waals surface area contributed by atoms with Crippen LogP contribution in [0.3, 0.4) is 0 Å². The maximum Gasteiger partial charge on any atom is 0.243 e. The van der Waals surface area contributed by atoms with Crippen LogP contribution in [0.2, 0.25) is 0 Å². The standard InChI is InChI=1S/C16H19N3O2S/c20-22(21,19-10-13-4-2-7-18-15(13)11-19)16-5-1-3-12-9-17-8-6-14(12)16/h1,3,5-6,8-9,13,15,18H,2,4,7,10-11H2. The normalized spacial score (nSPS) is 26.2. The molecule has 6 heteroatoms. The first-order valence-electron chi connectivity index (χ1n) is 7.72. The molecule has 0 saturated carbocycles. The largest absolute Gasteiger partial charge is 0.312 e. The average molecular weight is 317 g/mol. The molecule has 0 spiro atoms. The molecular weight excluding hydrogens is 298 g/mol. The minimum absolute atomic E-state index is 0.306. The highest BCUT2D eigenvalue weighted by Crippen LogP contribution is 2.31. The molecule has 2 aliphatic rings. The first kappa shape index (κ1) is 14.1. The summed E-state index contributed by atoms with van der Waals surface area (Å²) in [6, 6.07) is 7.47. The van der Waals surface area contributed by atoms with E-state index in [0.717, 1.165) is 30.2 Å². The molecule has 1 aromatic heterocycles. The van der Waals surface area contributed by atoms with Crippen molar-refractivity contribution in [1.29, 1.82) is 0 Å². The van der Waals surface area contributed by atoms with Crippen molar-refractivity contribution in [3.63, 3.8) is 0 Å². The van der Waals surface area contributed by atoms with E-state index in [2.05, 4.69) is 10.3 Å². The molecule has 3 heterocycles. The summed E-state index contributed by atoms with van der Waals surface area (Å²) in [6.45, 7) is 2.20. The predicted molar refractivity (Wildman–Crippen MR) is 85.0 cm³/mol. The van der Waals surface area contributed by atoms with Crippen LogP contribution in [0.1, 0.15) is 12.8 Å². The first-order chi connectivity index (χ1) is 10.7. The maximum atomic E-state index is 13.1. The van der Waals surface area contributed by atoms with Gasteiger partial charge in [-0.3, -0.25) is 4.98 Å². The zero-order chi connectivity index (χ0) is 15.2. The minimum Gasteiger partial charge on any atom is -0.312 e. The lowest BCUT2D eigenvalue weighted by atomic mass is 9.94. The van der Waals surface area contributed by atoms with Crippen molar-refractivity contribution in [3.05, 3.63) is 36.7 Å². The average Bonchev–Trinajstić information content (AvgIpc) is 2.99. The van der Waals surface area contributed by atoms with Crippen molar-refractivity contribution < 1.29 is 8.42 Å². The Bertz CT molecular complexity index is 787. The molecule has 2 fully saturated rings. The van der Waals surface area contributed by atoms with Crippen molar-refractivity contribution >= 4 is 20.8 Å². The van der Waals surface area contributed by atoms with Crippen LogP contribution in [0.4, 0.5) is 0 Å². The van der Waals surface area contributed by atoms with Gasteiger partial charge in [-0.1, -0.05) is 12.1 Å². The van der Waals surface area contributed by atoms with E-state index in [9.17, 15) is 8.42 Å². The predicted octanol–water partition coefficient (Wildman–Crippen LogP) is 1.61. The lowest BCUT2D eigenvalue weighted by molar-refractivity contribution is 0.339. The summed E-state index contributed by atoms with van der Waals surface area (Å²) in [4.78, 5) is 4.47. The fourth-order valence-corrected chi connectivity index (χ4v) is 5.40. The summed E-state index contributed by atoms with van der Waals surface area (Å²) in [7, 11) is -3.46. The number of hydrogen-bond donors (Lipinski definition) is 1. The van der Waals surface area contributed by atoms with E-state index in [1.807, 2.05) is 6.07 Å². The van der Waals surface area contributed by atoms with Gasteiger partial charge in [0.25, 0.3) is 0 Å². The Labute approximate surface area is 130 Å². The number of benzene rings is 1. The maximum absolute atomic E-state index is 13.1. The van der Waals surface area contributed by atoms with Gasteiger partial charge in [-0.2, -0.15) is 4.31 Å². The van der Waals surface area contributed by atoms with Gasteiger partial charge in [-0.15, -0.1) is 0 Å². The Hall–Kier alpha value is -1.50. The fraction of sp³-hybridized carbons (Fsp3) is 0.438. The third-order valence-corrected chi connectivity index (χ3v) is 6.71. The zero-order valence-electron chi connectivity index (χ0n) is 12.3. The van der Waals surface area contributed by atoms with Gasteiger partial charge in [-0.05, 0) is 37.4 Å². The van der Waals surface area contributed by atoms with E-state index in [0.29, 0.717) is 29.9 Å². The third kappa shape index (κ3) is 2.22. The number of piperidine rings is 1.